The van der Waals surface area contributed by atoms with Crippen LogP contribution in [-0.2, 0) is 0 Å². The van der Waals surface area contributed by atoms with E-state index in [1.807, 2.05) is 0 Å². The van der Waals surface area contributed by atoms with Crippen LogP contribution in [0, 0.1) is 12.8 Å². The van der Waals surface area contributed by atoms with E-state index >= 15 is 0 Å². The van der Waals surface area contributed by atoms with Crippen molar-refractivity contribution in [1.82, 2.24) is 0 Å². The van der Waals surface area contributed by atoms with E-state index in [-0.39, 0.29) is 0 Å². The maximum Gasteiger partial charge on any atom is 0.128 e. The van der Waals surface area contributed by atoms with Gasteiger partial charge in [0.05, 0.1) is 12.8 Å². The molecular weight excluding hydrogens is 288 g/mol. The van der Waals surface area contributed by atoms with Crippen molar-refractivity contribution in [3.63, 3.8) is 0 Å². The summed E-state index contributed by atoms with van der Waals surface area (Å²) in [5, 5.41) is 0. The smallest absolute Gasteiger partial charge is 0.0533 e. The molecule has 0 aromatic rings. The first kappa shape index (κ1) is 21.8. The van der Waals surface area contributed by atoms with Gasteiger partial charge in [0.15, 0.2) is 0 Å². The van der Waals surface area contributed by atoms with Gasteiger partial charge >= 0.3 is 0 Å². The quantitative estimate of drug-likeness (QED) is 0.388. The lowest BCUT2D eigenvalue weighted by Crippen LogP contribution is -0.898. The second-order valence-corrected chi connectivity index (χ2v) is 8.10. The van der Waals surface area contributed by atoms with E-state index < -0.39 is 0 Å². The highest BCUT2D eigenvalue weighted by Gasteiger charge is 2.12. The minimum Gasteiger partial charge on any atom is -0.0533 e. The molecule has 8 saturated carbocycles. The first-order chi connectivity index (χ1) is 12.0. The molecule has 0 nitrogen and oxygen atoms in total. The minimum absolute atomic E-state index is 1.38. The summed E-state index contributed by atoms with van der Waals surface area (Å²) in [4.78, 5) is 0. The Kier molecular flexibility index (Phi) is 17.3. The summed E-state index contributed by atoms with van der Waals surface area (Å²) >= 11 is 0. The van der Waals surface area contributed by atoms with E-state index in [4.69, 9.17) is 0 Å². The Morgan fingerprint density at radius 1 is 0.208 bits per heavy atom. The third-order valence-electron chi connectivity index (χ3n) is 2.70. The van der Waals surface area contributed by atoms with Crippen LogP contribution in [0.4, 0.5) is 0 Å². The number of hydrogen-bond donors (Lipinski definition) is 0. The fraction of sp³-hybridized carbons (Fsp3) is 0.917. The van der Waals surface area contributed by atoms with Crippen LogP contribution < -0.4 is 0 Å². The average molecular weight is 335 g/mol. The molecule has 0 aromatic heterocycles. The molecule has 0 atom stereocenters. The van der Waals surface area contributed by atoms with Crippen molar-refractivity contribution in [3.05, 3.63) is 12.8 Å². The first-order valence-electron chi connectivity index (χ1n) is 11.6. The molecule has 8 fully saturated rings. The zero-order valence-corrected chi connectivity index (χ0v) is 16.7. The van der Waals surface area contributed by atoms with Crippen molar-refractivity contribution < 1.29 is 0 Å². The zero-order chi connectivity index (χ0) is 17.0. The van der Waals surface area contributed by atoms with Gasteiger partial charge in [-0.15, -0.1) is 0 Å². The third kappa shape index (κ3) is 156. The Bertz CT molecular complexity index is 110. The second-order valence-electron chi connectivity index (χ2n) is 8.10. The summed E-state index contributed by atoms with van der Waals surface area (Å²) in [6, 6.07) is 0. The van der Waals surface area contributed by atoms with Crippen molar-refractivity contribution in [2.45, 2.75) is 141 Å². The van der Waals surface area contributed by atoms with E-state index in [9.17, 15) is 0 Å². The molecule has 140 valence electrons. The highest BCUT2D eigenvalue weighted by atomic mass is 14.0. The zero-order valence-electron chi connectivity index (χ0n) is 16.7. The van der Waals surface area contributed by atoms with Crippen molar-refractivity contribution in [2.24, 2.45) is 0 Å². The van der Waals surface area contributed by atoms with Crippen LogP contribution >= 0.6 is 0 Å². The van der Waals surface area contributed by atoms with Crippen molar-refractivity contribution in [2.75, 3.05) is 0 Å². The molecule has 0 bridgehead atoms. The molecule has 0 saturated heterocycles. The van der Waals surface area contributed by atoms with Crippen LogP contribution in [0.1, 0.15) is 141 Å². The maximum atomic E-state index is 2.25. The van der Waals surface area contributed by atoms with Crippen LogP contribution in [0.3, 0.4) is 0 Å². The molecule has 0 aliphatic heterocycles. The third-order valence-corrected chi connectivity index (χ3v) is 2.70. The second kappa shape index (κ2) is 19.1. The lowest BCUT2D eigenvalue weighted by atomic mass is 11.0. The standard InChI is InChI=1S/6C3H6.2C3H5/c8*1-2-3-1/h6*1-3H2;2*1H,2-3H2/q;;;;;;2*+1. The monoisotopic (exact) mass is 334 g/mol. The predicted octanol–water partition coefficient (Wildman–Crippen LogP) is 8.99. The Hall–Kier alpha value is -0.260. The van der Waals surface area contributed by atoms with Crippen molar-refractivity contribution in [3.8, 4) is 0 Å². The molecule has 0 spiro atoms. The van der Waals surface area contributed by atoms with Gasteiger partial charge in [-0.25, -0.2) is 0 Å². The van der Waals surface area contributed by atoms with E-state index in [0.717, 1.165) is 0 Å². The van der Waals surface area contributed by atoms with Gasteiger partial charge in [0.1, 0.15) is 25.7 Å². The fourth-order valence-corrected chi connectivity index (χ4v) is 0. The summed E-state index contributed by atoms with van der Waals surface area (Å²) in [6.07, 6.45) is 37.0. The van der Waals surface area contributed by atoms with Crippen LogP contribution in [0.15, 0.2) is 0 Å². The van der Waals surface area contributed by atoms with E-state index in [2.05, 4.69) is 12.8 Å². The highest BCUT2D eigenvalue weighted by molar-refractivity contribution is 4.80. The van der Waals surface area contributed by atoms with Gasteiger partial charge < -0.3 is 0 Å². The van der Waals surface area contributed by atoms with Crippen LogP contribution in [0.25, 0.3) is 0 Å². The lowest BCUT2D eigenvalue weighted by Gasteiger charge is -1.05. The molecule has 0 heterocycles. The van der Waals surface area contributed by atoms with E-state index in [1.54, 1.807) is 0 Å². The summed E-state index contributed by atoms with van der Waals surface area (Å²) in [5.41, 5.74) is 0. The Labute approximate surface area is 154 Å². The summed E-state index contributed by atoms with van der Waals surface area (Å²) < 4.78 is 0. The molecule has 8 aliphatic carbocycles. The average Bonchev–Trinajstić information content (AvgIpc) is 3.57. The van der Waals surface area contributed by atoms with Crippen molar-refractivity contribution >= 4 is 0 Å². The number of rotatable bonds is 0. The highest BCUT2D eigenvalue weighted by Crippen LogP contribution is 2.16. The molecule has 8 aliphatic rings. The molecule has 0 heteroatoms. The minimum atomic E-state index is 1.38. The molecule has 0 radical (unpaired) electrons. The molecule has 0 aromatic carbocycles. The molecule has 0 unspecified atom stereocenters. The predicted molar refractivity (Wildman–Crippen MR) is 110 cm³/mol. The van der Waals surface area contributed by atoms with E-state index in [1.165, 1.54) is 141 Å². The first-order valence-corrected chi connectivity index (χ1v) is 11.6. The van der Waals surface area contributed by atoms with Crippen LogP contribution in [0.5, 0.6) is 0 Å². The maximum absolute atomic E-state index is 2.25. The Morgan fingerprint density at radius 2 is 0.292 bits per heavy atom. The molecule has 0 N–H and O–H groups in total. The summed E-state index contributed by atoms with van der Waals surface area (Å²) in [7, 11) is 0. The van der Waals surface area contributed by atoms with Gasteiger partial charge in [0.25, 0.3) is 0 Å². The summed E-state index contributed by atoms with van der Waals surface area (Å²) in [6.45, 7) is 0. The molecule has 24 heavy (non-hydrogen) atoms. The van der Waals surface area contributed by atoms with E-state index in [0.29, 0.717) is 0 Å². The molecular formula is C24H46+2. The van der Waals surface area contributed by atoms with Crippen molar-refractivity contribution in [1.29, 1.82) is 0 Å². The summed E-state index contributed by atoms with van der Waals surface area (Å²) in [5.74, 6) is 0. The normalized spacial score (nSPS) is 23.3. The van der Waals surface area contributed by atoms with Crippen LogP contribution in [-0.4, -0.2) is 0 Å². The molecule has 8 rings (SSSR count). The molecule has 0 amide bonds. The van der Waals surface area contributed by atoms with Gasteiger partial charge in [0, 0.05) is 0 Å². The fourth-order valence-electron chi connectivity index (χ4n) is 0. The van der Waals surface area contributed by atoms with Gasteiger partial charge in [-0.2, -0.15) is 0 Å². The lowest BCUT2D eigenvalue weighted by molar-refractivity contribution is 1.50. The van der Waals surface area contributed by atoms with Gasteiger partial charge in [-0.3, -0.25) is 0 Å². The number of hydrogen-bond acceptors (Lipinski definition) is 0. The van der Waals surface area contributed by atoms with Crippen LogP contribution in [0.2, 0.25) is 0 Å². The van der Waals surface area contributed by atoms with Gasteiger partial charge in [-0.05, 0) is 0 Å². The Balaban J connectivity index is 0.000000137. The van der Waals surface area contributed by atoms with Gasteiger partial charge in [0.2, 0.25) is 0 Å². The SMILES string of the molecule is C1CC1.C1CC1.C1CC1.C1CC1.C1CC1.C1CC1.[CH+]1CC1.[CH+]1CC1. The van der Waals surface area contributed by atoms with Gasteiger partial charge in [-0.1, -0.05) is 116 Å². The largest absolute Gasteiger partial charge is 0.128 e. The Morgan fingerprint density at radius 3 is 0.292 bits per heavy atom. The topological polar surface area (TPSA) is 0 Å².